The number of phenolic OH excluding ortho intramolecular Hbond substituents is 1. The van der Waals surface area contributed by atoms with Crippen LogP contribution in [0.4, 0.5) is 17.3 Å². The zero-order valence-electron chi connectivity index (χ0n) is 16.2. The second kappa shape index (κ2) is 7.88. The number of carbonyl (C=O) groups excluding carboxylic acids is 1. The van der Waals surface area contributed by atoms with Crippen LogP contribution < -0.4 is 20.3 Å². The average molecular weight is 458 g/mol. The van der Waals surface area contributed by atoms with Gasteiger partial charge in [0.1, 0.15) is 16.3 Å². The Balaban J connectivity index is 1.41. The average Bonchev–Trinajstić information content (AvgIpc) is 2.78. The number of rotatable bonds is 3. The molecule has 2 aliphatic rings. The predicted molar refractivity (Wildman–Crippen MR) is 118 cm³/mol. The second-order valence-electron chi connectivity index (χ2n) is 7.18. The van der Waals surface area contributed by atoms with Crippen LogP contribution in [0.3, 0.4) is 0 Å². The van der Waals surface area contributed by atoms with Crippen molar-refractivity contribution < 1.29 is 14.6 Å². The van der Waals surface area contributed by atoms with E-state index < -0.39 is 5.91 Å². The summed E-state index contributed by atoms with van der Waals surface area (Å²) >= 11 is 12.4. The molecule has 1 aromatic heterocycles. The summed E-state index contributed by atoms with van der Waals surface area (Å²) in [5.74, 6) is -0.129. The van der Waals surface area contributed by atoms with Crippen LogP contribution in [-0.2, 0) is 13.0 Å². The van der Waals surface area contributed by atoms with E-state index in [9.17, 15) is 9.90 Å². The lowest BCUT2D eigenvalue weighted by atomic mass is 10.0. The first-order valence-corrected chi connectivity index (χ1v) is 10.3. The van der Waals surface area contributed by atoms with Gasteiger partial charge in [-0.2, -0.15) is 4.98 Å². The van der Waals surface area contributed by atoms with Gasteiger partial charge in [0.05, 0.1) is 10.7 Å². The highest BCUT2D eigenvalue weighted by molar-refractivity contribution is 6.41. The van der Waals surface area contributed by atoms with Gasteiger partial charge in [0.15, 0.2) is 6.73 Å². The highest BCUT2D eigenvalue weighted by atomic mass is 35.5. The van der Waals surface area contributed by atoms with E-state index >= 15 is 0 Å². The summed E-state index contributed by atoms with van der Waals surface area (Å²) in [6.07, 6.45) is 2.36. The number of halogens is 2. The quantitative estimate of drug-likeness (QED) is 0.548. The van der Waals surface area contributed by atoms with E-state index in [4.69, 9.17) is 27.9 Å². The van der Waals surface area contributed by atoms with E-state index in [1.54, 1.807) is 0 Å². The number of amides is 1. The van der Waals surface area contributed by atoms with Gasteiger partial charge in [-0.15, -0.1) is 0 Å². The molecule has 31 heavy (non-hydrogen) atoms. The molecule has 2 aromatic carbocycles. The summed E-state index contributed by atoms with van der Waals surface area (Å²) in [5, 5.41) is 16.6. The Morgan fingerprint density at radius 3 is 2.94 bits per heavy atom. The smallest absolute Gasteiger partial charge is 0.268 e. The largest absolute Gasteiger partial charge is 0.506 e. The summed E-state index contributed by atoms with van der Waals surface area (Å²) in [5.41, 5.74) is 3.77. The highest BCUT2D eigenvalue weighted by Gasteiger charge is 2.32. The lowest BCUT2D eigenvalue weighted by Crippen LogP contribution is -2.39. The van der Waals surface area contributed by atoms with Crippen LogP contribution in [0, 0.1) is 0 Å². The molecular formula is C21H17Cl2N5O3. The van der Waals surface area contributed by atoms with E-state index in [1.807, 2.05) is 6.07 Å². The van der Waals surface area contributed by atoms with Crippen LogP contribution in [0.2, 0.25) is 10.0 Å². The van der Waals surface area contributed by atoms with E-state index in [-0.39, 0.29) is 39.7 Å². The Labute approximate surface area is 187 Å². The molecule has 3 aromatic rings. The number of fused-ring (bicyclic) bond motifs is 2. The molecule has 10 heteroatoms. The maximum absolute atomic E-state index is 13.0. The van der Waals surface area contributed by atoms with Gasteiger partial charge in [0, 0.05) is 18.4 Å². The van der Waals surface area contributed by atoms with Crippen molar-refractivity contribution in [3.8, 4) is 11.6 Å². The molecule has 1 amide bonds. The van der Waals surface area contributed by atoms with Crippen molar-refractivity contribution in [3.63, 3.8) is 0 Å². The molecule has 8 nitrogen and oxygen atoms in total. The third-order valence-electron chi connectivity index (χ3n) is 5.23. The number of nitrogens with zero attached hydrogens (tertiary/aromatic N) is 3. The maximum atomic E-state index is 13.0. The molecule has 3 N–H and O–H groups in total. The Bertz CT molecular complexity index is 1200. The summed E-state index contributed by atoms with van der Waals surface area (Å²) in [6.45, 7) is 1.66. The molecule has 0 saturated carbocycles. The van der Waals surface area contributed by atoms with Crippen LogP contribution in [0.5, 0.6) is 11.6 Å². The molecule has 3 heterocycles. The second-order valence-corrected chi connectivity index (χ2v) is 7.97. The van der Waals surface area contributed by atoms with Crippen LogP contribution in [0.15, 0.2) is 36.5 Å². The standard InChI is InChI=1S/C21H17Cl2N5O3/c22-15-3-4-16(29)17(23)18(15)28-10-31-19-14(20(28)30)9-25-21(27-19)26-13-2-1-12-8-24-6-5-11(12)7-13/h1-4,7,9,24,29H,5-6,8,10H2,(H,25,26,27). The zero-order chi connectivity index (χ0) is 21.5. The van der Waals surface area contributed by atoms with Crippen molar-refractivity contribution in [2.45, 2.75) is 13.0 Å². The monoisotopic (exact) mass is 457 g/mol. The minimum absolute atomic E-state index is 0.0327. The predicted octanol–water partition coefficient (Wildman–Crippen LogP) is 3.88. The molecule has 0 atom stereocenters. The third kappa shape index (κ3) is 3.63. The van der Waals surface area contributed by atoms with Gasteiger partial charge in [0.25, 0.3) is 5.91 Å². The van der Waals surface area contributed by atoms with E-state index in [2.05, 4.69) is 32.7 Å². The number of carbonyl (C=O) groups is 1. The van der Waals surface area contributed by atoms with Crippen LogP contribution in [0.1, 0.15) is 21.5 Å². The van der Waals surface area contributed by atoms with Crippen LogP contribution >= 0.6 is 23.2 Å². The molecule has 0 bridgehead atoms. The molecule has 2 aliphatic heterocycles. The summed E-state index contributed by atoms with van der Waals surface area (Å²) in [4.78, 5) is 22.8. The Kier molecular flexibility index (Phi) is 5.05. The van der Waals surface area contributed by atoms with Crippen molar-refractivity contribution in [1.29, 1.82) is 0 Å². The maximum Gasteiger partial charge on any atom is 0.268 e. The Morgan fingerprint density at radius 2 is 2.06 bits per heavy atom. The molecule has 0 fully saturated rings. The van der Waals surface area contributed by atoms with E-state index in [1.165, 1.54) is 34.4 Å². The number of hydrogen-bond donors (Lipinski definition) is 3. The first-order chi connectivity index (χ1) is 15.0. The van der Waals surface area contributed by atoms with Gasteiger partial charge in [0.2, 0.25) is 11.8 Å². The minimum Gasteiger partial charge on any atom is -0.506 e. The molecular weight excluding hydrogens is 441 g/mol. The molecule has 0 radical (unpaired) electrons. The van der Waals surface area contributed by atoms with E-state index in [0.717, 1.165) is 25.2 Å². The Morgan fingerprint density at radius 1 is 1.19 bits per heavy atom. The van der Waals surface area contributed by atoms with Crippen molar-refractivity contribution in [2.24, 2.45) is 0 Å². The molecule has 0 saturated heterocycles. The third-order valence-corrected chi connectivity index (χ3v) is 5.90. The lowest BCUT2D eigenvalue weighted by Gasteiger charge is -2.29. The van der Waals surface area contributed by atoms with Crippen LogP contribution in [-0.4, -0.2) is 34.3 Å². The highest BCUT2D eigenvalue weighted by Crippen LogP contribution is 2.41. The molecule has 5 rings (SSSR count). The number of hydrogen-bond acceptors (Lipinski definition) is 7. The first kappa shape index (κ1) is 19.9. The van der Waals surface area contributed by atoms with Gasteiger partial charge in [-0.3, -0.25) is 9.69 Å². The van der Waals surface area contributed by atoms with Gasteiger partial charge >= 0.3 is 0 Å². The topological polar surface area (TPSA) is 99.6 Å². The Hall–Kier alpha value is -3.07. The van der Waals surface area contributed by atoms with Gasteiger partial charge in [-0.05, 0) is 48.4 Å². The minimum atomic E-state index is -0.427. The molecule has 158 valence electrons. The fourth-order valence-electron chi connectivity index (χ4n) is 3.64. The summed E-state index contributed by atoms with van der Waals surface area (Å²) in [7, 11) is 0. The van der Waals surface area contributed by atoms with Gasteiger partial charge in [-0.25, -0.2) is 4.98 Å². The number of aromatic hydroxyl groups is 1. The van der Waals surface area contributed by atoms with Crippen molar-refractivity contribution in [3.05, 3.63) is 63.3 Å². The molecule has 0 spiro atoms. The molecule has 0 aliphatic carbocycles. The number of ether oxygens (including phenoxy) is 1. The van der Waals surface area contributed by atoms with Crippen molar-refractivity contribution in [2.75, 3.05) is 23.5 Å². The summed E-state index contributed by atoms with van der Waals surface area (Å²) < 4.78 is 5.69. The van der Waals surface area contributed by atoms with Crippen LogP contribution in [0.25, 0.3) is 0 Å². The first-order valence-electron chi connectivity index (χ1n) is 9.59. The van der Waals surface area contributed by atoms with E-state index in [0.29, 0.717) is 5.95 Å². The van der Waals surface area contributed by atoms with Gasteiger partial charge < -0.3 is 20.5 Å². The van der Waals surface area contributed by atoms with Crippen molar-refractivity contribution in [1.82, 2.24) is 15.3 Å². The number of benzene rings is 2. The lowest BCUT2D eigenvalue weighted by molar-refractivity contribution is 0.0932. The SMILES string of the molecule is O=C1c2cnc(Nc3ccc4c(c3)CCNC4)nc2OCN1c1c(Cl)ccc(O)c1Cl. The van der Waals surface area contributed by atoms with Crippen molar-refractivity contribution >= 4 is 46.4 Å². The number of phenols is 1. The molecule has 0 unspecified atom stereocenters. The zero-order valence-corrected chi connectivity index (χ0v) is 17.7. The number of nitrogens with one attached hydrogen (secondary N) is 2. The fourth-order valence-corrected chi connectivity index (χ4v) is 4.22. The fraction of sp³-hybridized carbons (Fsp3) is 0.190. The number of anilines is 3. The van der Waals surface area contributed by atoms with Gasteiger partial charge in [-0.1, -0.05) is 29.3 Å². The normalized spacial score (nSPS) is 15.2. The summed E-state index contributed by atoms with van der Waals surface area (Å²) in [6, 6.07) is 8.94. The number of aromatic nitrogens is 2.